The molecular formula is C4Co2N4S4. The van der Waals surface area contributed by atoms with Gasteiger partial charge in [-0.1, -0.05) is 48.9 Å². The first-order valence-electron chi connectivity index (χ1n) is 1.71. The Morgan fingerprint density at radius 2 is 0.500 bits per heavy atom. The van der Waals surface area contributed by atoms with Crippen molar-refractivity contribution in [1.29, 1.82) is 0 Å². The third-order valence-corrected chi connectivity index (χ3v) is 0. The van der Waals surface area contributed by atoms with Crippen LogP contribution >= 0.6 is 48.9 Å². The van der Waals surface area contributed by atoms with Gasteiger partial charge in [0.15, 0.2) is 0 Å². The van der Waals surface area contributed by atoms with Gasteiger partial charge < -0.3 is 21.6 Å². The van der Waals surface area contributed by atoms with E-state index in [4.69, 9.17) is 21.6 Å². The molecule has 0 aliphatic rings. The summed E-state index contributed by atoms with van der Waals surface area (Å²) < 4.78 is 0. The molecule has 0 saturated heterocycles. The molecular weight excluding hydrogens is 350 g/mol. The fraction of sp³-hybridized carbons (Fsp3) is 0. The average molecular weight is 350 g/mol. The number of hydrogen-bond acceptors (Lipinski definition) is 4. The fourth-order valence-corrected chi connectivity index (χ4v) is 0. The molecule has 2 radical (unpaired) electrons. The van der Waals surface area contributed by atoms with E-state index in [2.05, 4.69) is 48.9 Å². The Balaban J connectivity index is -0.0000000145. The van der Waals surface area contributed by atoms with Gasteiger partial charge in [-0.2, -0.15) is 20.6 Å². The average Bonchev–Trinajstić information content (AvgIpc) is 1.92. The second-order valence-electron chi connectivity index (χ2n) is 0.365. The molecule has 0 unspecified atom stereocenters. The van der Waals surface area contributed by atoms with Crippen molar-refractivity contribution < 1.29 is 33.6 Å². The molecule has 0 spiro atoms. The fourth-order valence-electron chi connectivity index (χ4n) is 0. The van der Waals surface area contributed by atoms with E-state index in [-0.39, 0.29) is 33.6 Å². The van der Waals surface area contributed by atoms with Gasteiger partial charge in [0.1, 0.15) is 0 Å². The maximum atomic E-state index is 7.13. The van der Waals surface area contributed by atoms with Gasteiger partial charge in [-0.3, -0.25) is 0 Å². The summed E-state index contributed by atoms with van der Waals surface area (Å²) in [5, 5.41) is 33.9. The van der Waals surface area contributed by atoms with Gasteiger partial charge in [0.25, 0.3) is 0 Å². The summed E-state index contributed by atoms with van der Waals surface area (Å²) in [6.45, 7) is 0. The zero-order valence-corrected chi connectivity index (χ0v) is 11.4. The summed E-state index contributed by atoms with van der Waals surface area (Å²) in [7, 11) is 0. The second-order valence-corrected chi connectivity index (χ2v) is 1.10. The van der Waals surface area contributed by atoms with Crippen LogP contribution in [0.4, 0.5) is 0 Å². The zero-order valence-electron chi connectivity index (χ0n) is 6.09. The zero-order chi connectivity index (χ0) is 10.8. The normalized spacial score (nSPS) is 2.29. The van der Waals surface area contributed by atoms with E-state index in [0.717, 1.165) is 0 Å². The van der Waals surface area contributed by atoms with Gasteiger partial charge in [-0.05, 0) is 0 Å². The van der Waals surface area contributed by atoms with E-state index in [1.807, 2.05) is 0 Å². The Labute approximate surface area is 124 Å². The Hall–Kier alpha value is 0.213. The molecule has 0 saturated carbocycles. The van der Waals surface area contributed by atoms with E-state index < -0.39 is 0 Å². The van der Waals surface area contributed by atoms with E-state index in [9.17, 15) is 0 Å². The Morgan fingerprint density at radius 1 is 0.500 bits per heavy atom. The van der Waals surface area contributed by atoms with Gasteiger partial charge in [0.2, 0.25) is 0 Å². The summed E-state index contributed by atoms with van der Waals surface area (Å²) in [5.74, 6) is 0. The molecule has 0 bridgehead atoms. The van der Waals surface area contributed by atoms with Crippen LogP contribution in [0.3, 0.4) is 0 Å². The molecule has 0 N–H and O–H groups in total. The van der Waals surface area contributed by atoms with Crippen LogP contribution in [0.2, 0.25) is 0 Å². The van der Waals surface area contributed by atoms with E-state index in [1.54, 1.807) is 0 Å². The SMILES string of the molecule is [Co+2].[Co+2].[N-]=C=S.[N-]=C=S.[N-]=C=S.[N-]=C=S. The van der Waals surface area contributed by atoms with E-state index >= 15 is 0 Å². The summed E-state index contributed by atoms with van der Waals surface area (Å²) in [5.41, 5.74) is 0. The van der Waals surface area contributed by atoms with E-state index in [0.29, 0.717) is 0 Å². The topological polar surface area (TPSA) is 89.2 Å². The first-order chi connectivity index (χ1) is 5.66. The van der Waals surface area contributed by atoms with Crippen LogP contribution in [0.5, 0.6) is 0 Å². The maximum Gasteiger partial charge on any atom is 2.00 e. The largest absolute Gasteiger partial charge is 2.00 e. The molecule has 10 heteroatoms. The van der Waals surface area contributed by atoms with Crippen LogP contribution in [0.1, 0.15) is 0 Å². The Kier molecular flexibility index (Phi) is 292. The van der Waals surface area contributed by atoms with Crippen molar-refractivity contribution in [3.05, 3.63) is 21.6 Å². The van der Waals surface area contributed by atoms with E-state index in [1.165, 1.54) is 20.6 Å². The van der Waals surface area contributed by atoms with Crippen LogP contribution in [-0.4, -0.2) is 20.6 Å². The number of thiocarbonyl (C=S) groups is 4. The first kappa shape index (κ1) is 36.8. The molecule has 0 atom stereocenters. The standard InChI is InChI=1S/4CNS.2Co/c4*2-1-3;;/q4*-1;2*+2. The molecule has 0 heterocycles. The predicted octanol–water partition coefficient (Wildman–Crippen LogP) is 2.63. The van der Waals surface area contributed by atoms with Crippen LogP contribution in [0.25, 0.3) is 21.6 Å². The quantitative estimate of drug-likeness (QED) is 0.496. The molecule has 0 aromatic rings. The molecule has 0 aliphatic heterocycles. The first-order valence-corrected chi connectivity index (χ1v) is 3.34. The number of nitrogens with zero attached hydrogens (tertiary/aromatic N) is 4. The monoisotopic (exact) mass is 350 g/mol. The summed E-state index contributed by atoms with van der Waals surface area (Å²) in [6, 6.07) is 0. The molecule has 14 heavy (non-hydrogen) atoms. The predicted molar refractivity (Wildman–Crippen MR) is 63.8 cm³/mol. The van der Waals surface area contributed by atoms with Crippen molar-refractivity contribution in [3.8, 4) is 0 Å². The third-order valence-electron chi connectivity index (χ3n) is 0. The van der Waals surface area contributed by atoms with Gasteiger partial charge in [0, 0.05) is 0 Å². The summed E-state index contributed by atoms with van der Waals surface area (Å²) in [6.07, 6.45) is 0. The molecule has 0 rings (SSSR count). The summed E-state index contributed by atoms with van der Waals surface area (Å²) >= 11 is 14.8. The maximum absolute atomic E-state index is 7.13. The smallest absolute Gasteiger partial charge is 0.753 e. The number of rotatable bonds is 0. The minimum atomic E-state index is 0. The molecule has 4 nitrogen and oxygen atoms in total. The second kappa shape index (κ2) is 111. The van der Waals surface area contributed by atoms with Crippen molar-refractivity contribution in [2.75, 3.05) is 0 Å². The molecule has 0 aromatic carbocycles. The van der Waals surface area contributed by atoms with Gasteiger partial charge in [0.05, 0.1) is 0 Å². The summed E-state index contributed by atoms with van der Waals surface area (Å²) in [4.78, 5) is 0. The van der Waals surface area contributed by atoms with Gasteiger partial charge >= 0.3 is 33.6 Å². The van der Waals surface area contributed by atoms with Crippen molar-refractivity contribution in [2.24, 2.45) is 0 Å². The van der Waals surface area contributed by atoms with Crippen LogP contribution in [0, 0.1) is 0 Å². The van der Waals surface area contributed by atoms with Crippen molar-refractivity contribution >= 4 is 69.5 Å². The molecule has 0 amide bonds. The van der Waals surface area contributed by atoms with Crippen LogP contribution < -0.4 is 0 Å². The number of hydrogen-bond donors (Lipinski definition) is 0. The molecule has 78 valence electrons. The number of isothiocyanates is 4. The minimum absolute atomic E-state index is 0. The van der Waals surface area contributed by atoms with Crippen molar-refractivity contribution in [1.82, 2.24) is 0 Å². The van der Waals surface area contributed by atoms with Gasteiger partial charge in [-0.15, -0.1) is 0 Å². The minimum Gasteiger partial charge on any atom is -0.753 e. The third kappa shape index (κ3) is 33800. The Morgan fingerprint density at radius 3 is 0.500 bits per heavy atom. The molecule has 0 aromatic heterocycles. The van der Waals surface area contributed by atoms with Gasteiger partial charge in [-0.25, -0.2) is 0 Å². The molecule has 0 fully saturated rings. The van der Waals surface area contributed by atoms with Crippen LogP contribution in [-0.2, 0) is 33.6 Å². The molecule has 0 aliphatic carbocycles. The van der Waals surface area contributed by atoms with Crippen molar-refractivity contribution in [3.63, 3.8) is 0 Å². The Bertz CT molecular complexity index is 159. The van der Waals surface area contributed by atoms with Crippen LogP contribution in [0.15, 0.2) is 0 Å². The van der Waals surface area contributed by atoms with Crippen molar-refractivity contribution in [2.45, 2.75) is 0 Å².